The van der Waals surface area contributed by atoms with E-state index in [0.717, 1.165) is 46.9 Å². The van der Waals surface area contributed by atoms with Crippen LogP contribution in [-0.4, -0.2) is 111 Å². The lowest BCUT2D eigenvalue weighted by molar-refractivity contribution is -0.104. The first kappa shape index (κ1) is 41.2. The van der Waals surface area contributed by atoms with Crippen molar-refractivity contribution in [2.24, 2.45) is 0 Å². The zero-order valence-corrected chi connectivity index (χ0v) is 29.6. The zero-order chi connectivity index (χ0) is 34.7. The number of anilines is 2. The fourth-order valence-corrected chi connectivity index (χ4v) is 5.09. The number of benzene rings is 2. The Labute approximate surface area is 290 Å². The number of carbonyl (C=O) groups is 1. The monoisotopic (exact) mass is 689 g/mol. The van der Waals surface area contributed by atoms with Gasteiger partial charge in [-0.2, -0.15) is 11.8 Å². The van der Waals surface area contributed by atoms with Crippen LogP contribution in [0, 0.1) is 0 Å². The van der Waals surface area contributed by atoms with Crippen molar-refractivity contribution >= 4 is 35.1 Å². The van der Waals surface area contributed by atoms with Crippen molar-refractivity contribution < 1.29 is 38.3 Å². The van der Waals surface area contributed by atoms with Gasteiger partial charge in [0.2, 0.25) is 0 Å². The molecule has 0 saturated carbocycles. The highest BCUT2D eigenvalue weighted by atomic mass is 32.2. The molecule has 48 heavy (non-hydrogen) atoms. The third-order valence-electron chi connectivity index (χ3n) is 6.76. The molecule has 0 aliphatic carbocycles. The molecule has 0 spiro atoms. The summed E-state index contributed by atoms with van der Waals surface area (Å²) in [6.07, 6.45) is 2.46. The molecule has 0 amide bonds. The number of hydrogen-bond donors (Lipinski definition) is 4. The van der Waals surface area contributed by atoms with Crippen LogP contribution in [0.2, 0.25) is 0 Å². The minimum absolute atomic E-state index is 0.339. The summed E-state index contributed by atoms with van der Waals surface area (Å²) < 4.78 is 33.0. The van der Waals surface area contributed by atoms with E-state index in [9.17, 15) is 9.90 Å². The average Bonchev–Trinajstić information content (AvgIpc) is 3.11. The van der Waals surface area contributed by atoms with Crippen LogP contribution >= 0.6 is 11.8 Å². The van der Waals surface area contributed by atoms with Crippen molar-refractivity contribution in [2.75, 3.05) is 110 Å². The lowest BCUT2D eigenvalue weighted by Gasteiger charge is -2.20. The predicted octanol–water partition coefficient (Wildman–Crippen LogP) is 4.89. The summed E-state index contributed by atoms with van der Waals surface area (Å²) in [5.41, 5.74) is 5.29. The van der Waals surface area contributed by atoms with Crippen LogP contribution in [0.5, 0.6) is 0 Å². The van der Waals surface area contributed by atoms with E-state index in [1.54, 1.807) is 24.9 Å². The lowest BCUT2D eigenvalue weighted by atomic mass is 10.0. The summed E-state index contributed by atoms with van der Waals surface area (Å²) in [6, 6.07) is 13.6. The second-order valence-electron chi connectivity index (χ2n) is 10.5. The van der Waals surface area contributed by atoms with Gasteiger partial charge < -0.3 is 49.5 Å². The van der Waals surface area contributed by atoms with Crippen molar-refractivity contribution in [1.29, 1.82) is 0 Å². The van der Waals surface area contributed by atoms with E-state index in [4.69, 9.17) is 28.4 Å². The Balaban J connectivity index is 1.59. The van der Waals surface area contributed by atoms with Gasteiger partial charge in [0.05, 0.1) is 72.7 Å². The van der Waals surface area contributed by atoms with Gasteiger partial charge in [-0.3, -0.25) is 4.79 Å². The third kappa shape index (κ3) is 18.0. The van der Waals surface area contributed by atoms with E-state index in [1.165, 1.54) is 0 Å². The van der Waals surface area contributed by atoms with E-state index in [1.807, 2.05) is 49.5 Å². The summed E-state index contributed by atoms with van der Waals surface area (Å²) in [7, 11) is 3.61. The van der Waals surface area contributed by atoms with Gasteiger partial charge in [0, 0.05) is 66.0 Å². The lowest BCUT2D eigenvalue weighted by Crippen LogP contribution is -2.14. The fourth-order valence-electron chi connectivity index (χ4n) is 4.29. The van der Waals surface area contributed by atoms with E-state index in [-0.39, 0.29) is 0 Å². The molecular weight excluding hydrogens is 634 g/mol. The number of aliphatic hydroxyl groups excluding tert-OH is 1. The van der Waals surface area contributed by atoms with Crippen LogP contribution in [0.1, 0.15) is 36.3 Å². The molecule has 0 aromatic heterocycles. The van der Waals surface area contributed by atoms with Gasteiger partial charge in [-0.1, -0.05) is 37.8 Å². The largest absolute Gasteiger partial charge is 0.388 e. The van der Waals surface area contributed by atoms with E-state index < -0.39 is 6.23 Å². The molecule has 2 aromatic rings. The molecule has 12 heteroatoms. The highest BCUT2D eigenvalue weighted by molar-refractivity contribution is 7.98. The van der Waals surface area contributed by atoms with Crippen LogP contribution in [0.25, 0.3) is 5.70 Å². The van der Waals surface area contributed by atoms with Crippen molar-refractivity contribution in [2.45, 2.75) is 25.3 Å². The highest BCUT2D eigenvalue weighted by Gasteiger charge is 2.14. The smallest absolute Gasteiger partial charge is 0.150 e. The maximum absolute atomic E-state index is 11.2. The van der Waals surface area contributed by atoms with Crippen LogP contribution in [0.15, 0.2) is 60.7 Å². The molecule has 0 heterocycles. The van der Waals surface area contributed by atoms with Crippen molar-refractivity contribution in [1.82, 2.24) is 5.32 Å². The van der Waals surface area contributed by atoms with Crippen molar-refractivity contribution in [3.05, 3.63) is 77.4 Å². The Kier molecular flexibility index (Phi) is 23.1. The Hall–Kier alpha value is -2.94. The standard InChI is InChI=1S/C36H55N3O8S/c1-5-11-42-12-13-43-14-15-44-16-17-45-18-19-46-20-21-47-22-23-48-28-30-7-6-8-31(25-30)36(41)39-34-10-9-32(37-3)26-33(34)35(38-4)24-29(2)27-40/h6-10,24-27,36-39,41H,2,5,11-23,28H2,1,3-4H3/b35-24-. The van der Waals surface area contributed by atoms with E-state index >= 15 is 0 Å². The second kappa shape index (κ2) is 26.9. The summed E-state index contributed by atoms with van der Waals surface area (Å²) in [5, 5.41) is 20.5. The molecule has 2 rings (SSSR count). The molecule has 0 fully saturated rings. The SMILES string of the molecule is C=C(C=O)/C=C(\NC)c1cc(NC)ccc1NC(O)c1cccc(CSCCOCCOCCOCCOCCOCCOCCC)c1. The van der Waals surface area contributed by atoms with Gasteiger partial charge >= 0.3 is 0 Å². The van der Waals surface area contributed by atoms with Gasteiger partial charge in [0.1, 0.15) is 6.29 Å². The summed E-state index contributed by atoms with van der Waals surface area (Å²) in [4.78, 5) is 11.2. The third-order valence-corrected chi connectivity index (χ3v) is 7.75. The highest BCUT2D eigenvalue weighted by Crippen LogP contribution is 2.29. The Morgan fingerprint density at radius 2 is 1.42 bits per heavy atom. The molecule has 0 bridgehead atoms. The first-order chi connectivity index (χ1) is 23.5. The van der Waals surface area contributed by atoms with E-state index in [2.05, 4.69) is 29.5 Å². The van der Waals surface area contributed by atoms with Gasteiger partial charge in [-0.05, 0) is 36.3 Å². The number of allylic oxidation sites excluding steroid dienone is 2. The van der Waals surface area contributed by atoms with E-state index in [0.29, 0.717) is 95.9 Å². The minimum Gasteiger partial charge on any atom is -0.388 e. The molecule has 0 aliphatic rings. The van der Waals surface area contributed by atoms with Crippen LogP contribution in [-0.2, 0) is 39.0 Å². The molecule has 0 aliphatic heterocycles. The number of thioether (sulfide) groups is 1. The fraction of sp³-hybridized carbons (Fsp3) is 0.528. The van der Waals surface area contributed by atoms with Gasteiger partial charge in [-0.15, -0.1) is 0 Å². The van der Waals surface area contributed by atoms with Crippen LogP contribution in [0.4, 0.5) is 11.4 Å². The maximum atomic E-state index is 11.2. The Bertz CT molecular complexity index is 1200. The number of carbonyl (C=O) groups excluding carboxylic acids is 1. The normalized spacial score (nSPS) is 12.1. The molecule has 1 unspecified atom stereocenters. The first-order valence-electron chi connectivity index (χ1n) is 16.5. The summed E-state index contributed by atoms with van der Waals surface area (Å²) in [6.45, 7) is 12.7. The number of nitrogens with one attached hydrogen (secondary N) is 3. The summed E-state index contributed by atoms with van der Waals surface area (Å²) >= 11 is 1.77. The molecule has 11 nitrogen and oxygen atoms in total. The molecule has 1 atom stereocenters. The molecular formula is C36H55N3O8S. The summed E-state index contributed by atoms with van der Waals surface area (Å²) in [5.74, 6) is 1.64. The molecule has 2 aromatic carbocycles. The second-order valence-corrected chi connectivity index (χ2v) is 11.6. The maximum Gasteiger partial charge on any atom is 0.150 e. The number of aldehydes is 1. The van der Waals surface area contributed by atoms with Crippen molar-refractivity contribution in [3.8, 4) is 0 Å². The number of ether oxygens (including phenoxy) is 6. The average molecular weight is 690 g/mol. The zero-order valence-electron chi connectivity index (χ0n) is 28.8. The molecule has 0 saturated heterocycles. The van der Waals surface area contributed by atoms with Gasteiger partial charge in [-0.25, -0.2) is 0 Å². The Morgan fingerprint density at radius 3 is 1.96 bits per heavy atom. The van der Waals surface area contributed by atoms with Gasteiger partial charge in [0.25, 0.3) is 0 Å². The molecule has 0 radical (unpaired) electrons. The quantitative estimate of drug-likeness (QED) is 0.0293. The number of rotatable bonds is 30. The Morgan fingerprint density at radius 1 is 0.833 bits per heavy atom. The predicted molar refractivity (Wildman–Crippen MR) is 195 cm³/mol. The van der Waals surface area contributed by atoms with Gasteiger partial charge in [0.15, 0.2) is 6.23 Å². The molecule has 268 valence electrons. The minimum atomic E-state index is -0.936. The van der Waals surface area contributed by atoms with Crippen LogP contribution in [0.3, 0.4) is 0 Å². The number of aliphatic hydroxyl groups is 1. The number of hydrogen-bond acceptors (Lipinski definition) is 12. The van der Waals surface area contributed by atoms with Crippen LogP contribution < -0.4 is 16.0 Å². The van der Waals surface area contributed by atoms with Crippen molar-refractivity contribution in [3.63, 3.8) is 0 Å². The topological polar surface area (TPSA) is 129 Å². The first-order valence-corrected chi connectivity index (χ1v) is 17.6. The molecule has 4 N–H and O–H groups in total.